The van der Waals surface area contributed by atoms with Gasteiger partial charge in [-0.1, -0.05) is 6.07 Å². The van der Waals surface area contributed by atoms with Crippen LogP contribution in [-0.2, 0) is 22.6 Å². The SMILES string of the molecule is NC(=O)c1nccnc1Nc1ccc2c(c1)CCN(C1CN(c3ccc4c(c3)C(=O)N(C3CCC(=O)NC3=O)C4=O)C1)C2. The second-order valence-electron chi connectivity index (χ2n) is 11.2. The number of nitrogens with zero attached hydrogens (tertiary/aromatic N) is 5. The Labute approximate surface area is 246 Å². The fraction of sp³-hybridized carbons (Fsp3) is 0.300. The summed E-state index contributed by atoms with van der Waals surface area (Å²) in [6.07, 6.45) is 4.02. The van der Waals surface area contributed by atoms with Crippen LogP contribution in [0.3, 0.4) is 0 Å². The lowest BCUT2D eigenvalue weighted by Crippen LogP contribution is -2.60. The molecule has 2 aromatic carbocycles. The Morgan fingerprint density at radius 1 is 0.930 bits per heavy atom. The molecule has 4 aliphatic rings. The van der Waals surface area contributed by atoms with Gasteiger partial charge in [-0.15, -0.1) is 0 Å². The van der Waals surface area contributed by atoms with Gasteiger partial charge in [0.2, 0.25) is 11.8 Å². The van der Waals surface area contributed by atoms with E-state index in [1.54, 1.807) is 12.1 Å². The molecule has 4 N–H and O–H groups in total. The lowest BCUT2D eigenvalue weighted by atomic mass is 9.95. The van der Waals surface area contributed by atoms with E-state index in [1.807, 2.05) is 12.1 Å². The fourth-order valence-electron chi connectivity index (χ4n) is 6.26. The fourth-order valence-corrected chi connectivity index (χ4v) is 6.26. The highest BCUT2D eigenvalue weighted by Crippen LogP contribution is 2.34. The quantitative estimate of drug-likeness (QED) is 0.357. The van der Waals surface area contributed by atoms with Gasteiger partial charge in [0.15, 0.2) is 11.5 Å². The minimum atomic E-state index is -0.976. The van der Waals surface area contributed by atoms with Crippen LogP contribution in [-0.4, -0.2) is 81.0 Å². The summed E-state index contributed by atoms with van der Waals surface area (Å²) in [6, 6.07) is 10.7. The molecular weight excluding hydrogens is 552 g/mol. The Bertz CT molecular complexity index is 1720. The lowest BCUT2D eigenvalue weighted by Gasteiger charge is -2.48. The van der Waals surface area contributed by atoms with Gasteiger partial charge in [0, 0.05) is 62.4 Å². The Hall–Kier alpha value is -5.17. The van der Waals surface area contributed by atoms with Crippen LogP contribution >= 0.6 is 0 Å². The van der Waals surface area contributed by atoms with Crippen molar-refractivity contribution >= 4 is 46.7 Å². The Kier molecular flexibility index (Phi) is 6.38. The summed E-state index contributed by atoms with van der Waals surface area (Å²) < 4.78 is 0. The van der Waals surface area contributed by atoms with Crippen LogP contribution in [0.1, 0.15) is 55.2 Å². The highest BCUT2D eigenvalue weighted by Gasteiger charge is 2.45. The first-order valence-electron chi connectivity index (χ1n) is 14.1. The average Bonchev–Trinajstić information content (AvgIpc) is 3.21. The van der Waals surface area contributed by atoms with Crippen molar-refractivity contribution < 1.29 is 24.0 Å². The summed E-state index contributed by atoms with van der Waals surface area (Å²) in [4.78, 5) is 75.6. The van der Waals surface area contributed by atoms with Crippen molar-refractivity contribution in [3.8, 4) is 0 Å². The summed E-state index contributed by atoms with van der Waals surface area (Å²) in [5, 5.41) is 5.38. The average molecular weight is 581 g/mol. The van der Waals surface area contributed by atoms with Gasteiger partial charge in [0.1, 0.15) is 6.04 Å². The maximum atomic E-state index is 13.2. The molecular formula is C30H28N8O5. The molecule has 5 heterocycles. The number of hydrogen-bond donors (Lipinski definition) is 3. The van der Waals surface area contributed by atoms with E-state index in [9.17, 15) is 24.0 Å². The van der Waals surface area contributed by atoms with Gasteiger partial charge < -0.3 is 16.0 Å². The second-order valence-corrected chi connectivity index (χ2v) is 11.2. The van der Waals surface area contributed by atoms with Crippen LogP contribution in [0.25, 0.3) is 0 Å². The third kappa shape index (κ3) is 4.67. The van der Waals surface area contributed by atoms with Crippen LogP contribution in [0.15, 0.2) is 48.8 Å². The first kappa shape index (κ1) is 26.7. The number of nitrogens with one attached hydrogen (secondary N) is 2. The van der Waals surface area contributed by atoms with Crippen molar-refractivity contribution in [2.75, 3.05) is 29.9 Å². The number of hydrogen-bond acceptors (Lipinski definition) is 10. The number of benzene rings is 2. The van der Waals surface area contributed by atoms with Gasteiger partial charge >= 0.3 is 0 Å². The summed E-state index contributed by atoms with van der Waals surface area (Å²) in [5.74, 6) is -2.34. The zero-order chi connectivity index (χ0) is 29.8. The van der Waals surface area contributed by atoms with Crippen molar-refractivity contribution in [3.05, 3.63) is 76.7 Å². The number of carbonyl (C=O) groups excluding carboxylic acids is 5. The van der Waals surface area contributed by atoms with Crippen molar-refractivity contribution in [1.82, 2.24) is 25.1 Å². The predicted octanol–water partition coefficient (Wildman–Crippen LogP) is 0.967. The van der Waals surface area contributed by atoms with E-state index in [2.05, 4.69) is 42.5 Å². The Morgan fingerprint density at radius 2 is 1.72 bits per heavy atom. The molecule has 1 aromatic heterocycles. The van der Waals surface area contributed by atoms with Gasteiger partial charge in [0.05, 0.1) is 11.1 Å². The summed E-state index contributed by atoms with van der Waals surface area (Å²) >= 11 is 0. The third-order valence-electron chi connectivity index (χ3n) is 8.61. The maximum Gasteiger partial charge on any atom is 0.271 e. The molecule has 218 valence electrons. The monoisotopic (exact) mass is 580 g/mol. The van der Waals surface area contributed by atoms with E-state index in [-0.39, 0.29) is 29.7 Å². The van der Waals surface area contributed by atoms with E-state index in [0.29, 0.717) is 11.9 Å². The number of primary amides is 1. The molecule has 0 spiro atoms. The normalized spacial score (nSPS) is 20.4. The molecule has 2 saturated heterocycles. The zero-order valence-corrected chi connectivity index (χ0v) is 23.1. The summed E-state index contributed by atoms with van der Waals surface area (Å²) in [5.41, 5.74) is 10.2. The highest BCUT2D eigenvalue weighted by molar-refractivity contribution is 6.23. The number of aromatic nitrogens is 2. The number of piperidine rings is 1. The number of imide groups is 2. The first-order chi connectivity index (χ1) is 20.8. The number of carbonyl (C=O) groups is 5. The van der Waals surface area contributed by atoms with Gasteiger partial charge in [-0.3, -0.25) is 39.1 Å². The predicted molar refractivity (Wildman–Crippen MR) is 154 cm³/mol. The largest absolute Gasteiger partial charge is 0.368 e. The van der Waals surface area contributed by atoms with Crippen molar-refractivity contribution in [3.63, 3.8) is 0 Å². The molecule has 43 heavy (non-hydrogen) atoms. The Morgan fingerprint density at radius 3 is 2.51 bits per heavy atom. The summed E-state index contributed by atoms with van der Waals surface area (Å²) in [6.45, 7) is 3.28. The van der Waals surface area contributed by atoms with Crippen LogP contribution in [0.5, 0.6) is 0 Å². The standard InChI is InChI=1S/C30H28N8O5/c31-26(40)25-27(33-9-8-32-25)34-18-2-1-17-13-36(10-7-16(17)11-18)20-14-37(15-20)19-3-4-21-22(12-19)30(43)38(29(21)42)23-5-6-24(39)35-28(23)41/h1-4,8-9,11-12,20,23H,5-7,10,13-15H2,(H2,31,40)(H,33,34)(H,35,39,41). The van der Waals surface area contributed by atoms with Crippen LogP contribution in [0, 0.1) is 0 Å². The number of anilines is 3. The molecule has 0 bridgehead atoms. The smallest absolute Gasteiger partial charge is 0.271 e. The molecule has 5 amide bonds. The van der Waals surface area contributed by atoms with Crippen LogP contribution < -0.4 is 21.3 Å². The second kappa shape index (κ2) is 10.3. The van der Waals surface area contributed by atoms with Crippen LogP contribution in [0.2, 0.25) is 0 Å². The van der Waals surface area contributed by atoms with E-state index in [0.717, 1.165) is 48.9 Å². The molecule has 0 radical (unpaired) electrons. The maximum absolute atomic E-state index is 13.2. The number of nitrogens with two attached hydrogens (primary N) is 1. The van der Waals surface area contributed by atoms with Crippen molar-refractivity contribution in [2.24, 2.45) is 5.73 Å². The highest BCUT2D eigenvalue weighted by atomic mass is 16.2. The van der Waals surface area contributed by atoms with Gasteiger partial charge in [-0.25, -0.2) is 9.97 Å². The van der Waals surface area contributed by atoms with Gasteiger partial charge in [-0.05, 0) is 54.3 Å². The molecule has 0 saturated carbocycles. The lowest BCUT2D eigenvalue weighted by molar-refractivity contribution is -0.136. The first-order valence-corrected chi connectivity index (χ1v) is 14.1. The molecule has 13 heteroatoms. The van der Waals surface area contributed by atoms with E-state index >= 15 is 0 Å². The number of fused-ring (bicyclic) bond motifs is 2. The molecule has 2 fully saturated rings. The van der Waals surface area contributed by atoms with Gasteiger partial charge in [-0.2, -0.15) is 0 Å². The molecule has 0 aliphatic carbocycles. The molecule has 3 aromatic rings. The molecule has 1 atom stereocenters. The van der Waals surface area contributed by atoms with Crippen molar-refractivity contribution in [2.45, 2.75) is 37.9 Å². The van der Waals surface area contributed by atoms with Gasteiger partial charge in [0.25, 0.3) is 17.7 Å². The van der Waals surface area contributed by atoms with Crippen LogP contribution in [0.4, 0.5) is 17.2 Å². The molecule has 4 aliphatic heterocycles. The van der Waals surface area contributed by atoms with E-state index in [4.69, 9.17) is 5.73 Å². The van der Waals surface area contributed by atoms with Crippen molar-refractivity contribution in [1.29, 1.82) is 0 Å². The topological polar surface area (TPSA) is 171 Å². The minimum Gasteiger partial charge on any atom is -0.368 e. The number of rotatable bonds is 6. The Balaban J connectivity index is 0.988. The number of amides is 5. The minimum absolute atomic E-state index is 0.0872. The molecule has 13 nitrogen and oxygen atoms in total. The summed E-state index contributed by atoms with van der Waals surface area (Å²) in [7, 11) is 0. The van der Waals surface area contributed by atoms with E-state index < -0.39 is 35.6 Å². The molecule has 7 rings (SSSR count). The molecule has 1 unspecified atom stereocenters. The third-order valence-corrected chi connectivity index (χ3v) is 8.61. The zero-order valence-electron chi connectivity index (χ0n) is 23.1. The van der Waals surface area contributed by atoms with E-state index in [1.165, 1.54) is 23.5 Å².